The van der Waals surface area contributed by atoms with Crippen LogP contribution in [0.5, 0.6) is 5.75 Å². The third-order valence-corrected chi connectivity index (χ3v) is 6.63. The number of hydrogen-bond acceptors (Lipinski definition) is 10. The summed E-state index contributed by atoms with van der Waals surface area (Å²) in [6.07, 6.45) is -4.75. The molecule has 43 heavy (non-hydrogen) atoms. The first-order chi connectivity index (χ1) is 20.9. The number of nitrogens with one attached hydrogen (secondary N) is 1. The van der Waals surface area contributed by atoms with E-state index in [0.29, 0.717) is 4.57 Å². The average Bonchev–Trinajstić information content (AvgIpc) is 3.36. The molecule has 1 fully saturated rings. The van der Waals surface area contributed by atoms with Crippen molar-refractivity contribution in [2.24, 2.45) is 0 Å². The van der Waals surface area contributed by atoms with Crippen LogP contribution in [0.15, 0.2) is 107 Å². The predicted octanol–water partition coefficient (Wildman–Crippen LogP) is 2.75. The van der Waals surface area contributed by atoms with Gasteiger partial charge in [-0.15, -0.1) is 0 Å². The molecule has 2 unspecified atom stereocenters. The number of rotatable bonds is 9. The van der Waals surface area contributed by atoms with E-state index < -0.39 is 60.3 Å². The molecule has 4 atom stereocenters. The average molecular weight is 587 g/mol. The monoisotopic (exact) mass is 586 g/mol. The number of ether oxygens (including phenoxy) is 5. The molecular formula is C31H26N2O10. The Labute approximate surface area is 244 Å². The van der Waals surface area contributed by atoms with Crippen molar-refractivity contribution in [3.63, 3.8) is 0 Å². The lowest BCUT2D eigenvalue weighted by Crippen LogP contribution is -2.45. The normalized spacial score (nSPS) is 19.3. The fraction of sp³-hybridized carbons (Fsp3) is 0.194. The van der Waals surface area contributed by atoms with Gasteiger partial charge in [-0.05, 0) is 36.4 Å². The fourth-order valence-electron chi connectivity index (χ4n) is 4.51. The third kappa shape index (κ3) is 6.39. The summed E-state index contributed by atoms with van der Waals surface area (Å²) < 4.78 is 28.8. The first kappa shape index (κ1) is 29.0. The molecular weight excluding hydrogens is 560 g/mol. The molecule has 1 aromatic heterocycles. The third-order valence-electron chi connectivity index (χ3n) is 6.63. The molecule has 12 nitrogen and oxygen atoms in total. The van der Waals surface area contributed by atoms with Crippen molar-refractivity contribution in [3.8, 4) is 5.75 Å². The summed E-state index contributed by atoms with van der Waals surface area (Å²) in [5.74, 6) is -2.57. The van der Waals surface area contributed by atoms with Crippen LogP contribution in [0.4, 0.5) is 0 Å². The molecule has 2 heterocycles. The van der Waals surface area contributed by atoms with Crippen molar-refractivity contribution in [1.82, 2.24) is 9.55 Å². The van der Waals surface area contributed by atoms with E-state index in [-0.39, 0.29) is 22.4 Å². The lowest BCUT2D eigenvalue weighted by Gasteiger charge is -2.25. The molecule has 1 saturated heterocycles. The van der Waals surface area contributed by atoms with Gasteiger partial charge in [0.15, 0.2) is 18.4 Å². The van der Waals surface area contributed by atoms with Gasteiger partial charge >= 0.3 is 29.2 Å². The second-order valence-electron chi connectivity index (χ2n) is 9.34. The van der Waals surface area contributed by atoms with Crippen molar-refractivity contribution < 1.29 is 38.1 Å². The van der Waals surface area contributed by atoms with Crippen LogP contribution in [0.25, 0.3) is 0 Å². The Kier molecular flexibility index (Phi) is 8.77. The van der Waals surface area contributed by atoms with Crippen LogP contribution < -0.4 is 16.0 Å². The number of nitrogens with zero attached hydrogens (tertiary/aromatic N) is 1. The molecule has 0 bridgehead atoms. The van der Waals surface area contributed by atoms with Gasteiger partial charge in [-0.3, -0.25) is 4.79 Å². The van der Waals surface area contributed by atoms with Crippen LogP contribution in [0.1, 0.15) is 37.3 Å². The maximum atomic E-state index is 13.2. The standard InChI is InChI=1S/C31H26N2O10/c1-39-22-17-32-31(38)33(26(22)34)27-25(43-30(37)21-15-9-4-10-16-21)24(42-29(36)20-13-7-3-8-14-20)23(41-27)18-40-28(35)19-11-5-2-6-12-19/h2-17,23-25,27H,18H2,1H3,(H,32,38)/t23-,24?,25?,27-/m1/s1. The number of methoxy groups -OCH3 is 1. The minimum atomic E-state index is -1.60. The van der Waals surface area contributed by atoms with Crippen LogP contribution in [0.2, 0.25) is 0 Å². The Hall–Kier alpha value is -5.49. The van der Waals surface area contributed by atoms with Crippen LogP contribution >= 0.6 is 0 Å². The lowest BCUT2D eigenvalue weighted by molar-refractivity contribution is -0.0655. The number of aromatic nitrogens is 2. The van der Waals surface area contributed by atoms with Crippen molar-refractivity contribution >= 4 is 17.9 Å². The van der Waals surface area contributed by atoms with E-state index in [2.05, 4.69) is 4.98 Å². The maximum absolute atomic E-state index is 13.2. The zero-order valence-electron chi connectivity index (χ0n) is 22.8. The van der Waals surface area contributed by atoms with Gasteiger partial charge in [0.2, 0.25) is 5.75 Å². The van der Waals surface area contributed by atoms with Gasteiger partial charge in [-0.2, -0.15) is 0 Å². The van der Waals surface area contributed by atoms with E-state index in [1.165, 1.54) is 31.4 Å². The minimum Gasteiger partial charge on any atom is -0.490 e. The van der Waals surface area contributed by atoms with Gasteiger partial charge in [0.1, 0.15) is 12.7 Å². The van der Waals surface area contributed by atoms with Crippen molar-refractivity contribution in [2.45, 2.75) is 24.5 Å². The summed E-state index contributed by atoms with van der Waals surface area (Å²) in [4.78, 5) is 67.7. The van der Waals surface area contributed by atoms with E-state index in [4.69, 9.17) is 23.7 Å². The summed E-state index contributed by atoms with van der Waals surface area (Å²) in [5.41, 5.74) is -1.23. The van der Waals surface area contributed by atoms with Gasteiger partial charge in [0, 0.05) is 0 Å². The summed E-state index contributed by atoms with van der Waals surface area (Å²) in [6, 6.07) is 24.1. The van der Waals surface area contributed by atoms with Crippen molar-refractivity contribution in [2.75, 3.05) is 13.7 Å². The number of carbonyl (C=O) groups excluding carboxylic acids is 3. The summed E-state index contributed by atoms with van der Waals surface area (Å²) in [6.45, 7) is -0.479. The number of aromatic amines is 1. The molecule has 1 aliphatic rings. The van der Waals surface area contributed by atoms with E-state index >= 15 is 0 Å². The van der Waals surface area contributed by atoms with E-state index in [9.17, 15) is 24.0 Å². The molecule has 0 radical (unpaired) electrons. The van der Waals surface area contributed by atoms with Crippen molar-refractivity contribution in [3.05, 3.63) is 135 Å². The van der Waals surface area contributed by atoms with Crippen LogP contribution in [0.3, 0.4) is 0 Å². The van der Waals surface area contributed by atoms with Gasteiger partial charge in [0.05, 0.1) is 30.0 Å². The zero-order valence-corrected chi connectivity index (χ0v) is 22.8. The molecule has 5 rings (SSSR count). The molecule has 4 aromatic rings. The topological polar surface area (TPSA) is 152 Å². The largest absolute Gasteiger partial charge is 0.490 e. The van der Waals surface area contributed by atoms with Gasteiger partial charge < -0.3 is 28.7 Å². The molecule has 0 amide bonds. The first-order valence-corrected chi connectivity index (χ1v) is 13.1. The number of benzene rings is 3. The van der Waals surface area contributed by atoms with Gasteiger partial charge in [-0.1, -0.05) is 54.6 Å². The summed E-state index contributed by atoms with van der Waals surface area (Å²) >= 11 is 0. The summed E-state index contributed by atoms with van der Waals surface area (Å²) in [7, 11) is 1.23. The number of H-pyrrole nitrogens is 1. The Morgan fingerprint density at radius 2 is 1.23 bits per heavy atom. The zero-order chi connectivity index (χ0) is 30.3. The molecule has 220 valence electrons. The van der Waals surface area contributed by atoms with E-state index in [0.717, 1.165) is 6.20 Å². The first-order valence-electron chi connectivity index (χ1n) is 13.1. The number of carbonyl (C=O) groups is 3. The SMILES string of the molecule is COc1c[nH]c(=O)n([C@@H]2O[C@H](COC(=O)c3ccccc3)C(OC(=O)c3ccccc3)C2OC(=O)c2ccccc2)c1=O. The van der Waals surface area contributed by atoms with Gasteiger partial charge in [0.25, 0.3) is 0 Å². The highest BCUT2D eigenvalue weighted by Crippen LogP contribution is 2.34. The molecule has 0 saturated carbocycles. The molecule has 0 aliphatic carbocycles. The van der Waals surface area contributed by atoms with E-state index in [1.54, 1.807) is 66.7 Å². The highest BCUT2D eigenvalue weighted by Gasteiger charge is 2.52. The molecule has 12 heteroatoms. The molecule has 1 N–H and O–H groups in total. The Bertz CT molecular complexity index is 1700. The van der Waals surface area contributed by atoms with Crippen LogP contribution in [-0.2, 0) is 18.9 Å². The molecule has 1 aliphatic heterocycles. The Morgan fingerprint density at radius 3 is 1.74 bits per heavy atom. The van der Waals surface area contributed by atoms with Crippen LogP contribution in [0, 0.1) is 0 Å². The fourth-order valence-corrected chi connectivity index (χ4v) is 4.51. The van der Waals surface area contributed by atoms with Gasteiger partial charge in [-0.25, -0.2) is 23.7 Å². The Morgan fingerprint density at radius 1 is 0.744 bits per heavy atom. The lowest BCUT2D eigenvalue weighted by atomic mass is 10.1. The number of hydrogen-bond donors (Lipinski definition) is 1. The van der Waals surface area contributed by atoms with Crippen molar-refractivity contribution in [1.29, 1.82) is 0 Å². The van der Waals surface area contributed by atoms with E-state index in [1.807, 2.05) is 0 Å². The predicted molar refractivity (Wildman–Crippen MR) is 150 cm³/mol. The highest BCUT2D eigenvalue weighted by molar-refractivity contribution is 5.91. The Balaban J connectivity index is 1.54. The smallest absolute Gasteiger partial charge is 0.338 e. The highest BCUT2D eigenvalue weighted by atomic mass is 16.7. The number of esters is 3. The second kappa shape index (κ2) is 13.0. The van der Waals surface area contributed by atoms with Crippen LogP contribution in [-0.4, -0.2) is 59.5 Å². The quantitative estimate of drug-likeness (QED) is 0.229. The second-order valence-corrected chi connectivity index (χ2v) is 9.34. The minimum absolute atomic E-state index is 0.153. The molecule has 3 aromatic carbocycles. The molecule has 0 spiro atoms. The maximum Gasteiger partial charge on any atom is 0.338 e. The summed E-state index contributed by atoms with van der Waals surface area (Å²) in [5, 5.41) is 0.